The van der Waals surface area contributed by atoms with Gasteiger partial charge in [0.15, 0.2) is 0 Å². The molecule has 0 atom stereocenters. The van der Waals surface area contributed by atoms with Gasteiger partial charge in [-0.15, -0.1) is 0 Å². The molecule has 0 aromatic carbocycles. The van der Waals surface area contributed by atoms with Gasteiger partial charge in [0.25, 0.3) is 0 Å². The van der Waals surface area contributed by atoms with E-state index in [4.69, 9.17) is 0 Å². The van der Waals surface area contributed by atoms with Gasteiger partial charge in [-0.25, -0.2) is 4.48 Å². The minimum absolute atomic E-state index is 0.154. The number of hydrogen-bond donors (Lipinski definition) is 0. The van der Waals surface area contributed by atoms with Gasteiger partial charge in [0.2, 0.25) is 0 Å². The molecule has 0 aliphatic carbocycles. The summed E-state index contributed by atoms with van der Waals surface area (Å²) in [6.45, 7) is 15.2. The van der Waals surface area contributed by atoms with Crippen molar-refractivity contribution in [3.05, 3.63) is 48.5 Å². The molecule has 0 spiro atoms. The zero-order valence-corrected chi connectivity index (χ0v) is 13.2. The van der Waals surface area contributed by atoms with Gasteiger partial charge in [-0.3, -0.25) is 4.99 Å². The van der Waals surface area contributed by atoms with Gasteiger partial charge in [-0.05, 0) is 26.0 Å². The average molecular weight is 259 g/mol. The maximum absolute atomic E-state index is 4.50. The van der Waals surface area contributed by atoms with Crippen LogP contribution in [0.15, 0.2) is 53.5 Å². The van der Waals surface area contributed by atoms with Gasteiger partial charge < -0.3 is 0 Å². The van der Waals surface area contributed by atoms with Crippen LogP contribution in [0.1, 0.15) is 34.6 Å². The Hall–Kier alpha value is -1.41. The van der Waals surface area contributed by atoms with Crippen molar-refractivity contribution in [2.24, 2.45) is 10.4 Å². The van der Waals surface area contributed by atoms with Crippen molar-refractivity contribution in [2.45, 2.75) is 34.6 Å². The fourth-order valence-corrected chi connectivity index (χ4v) is 1.78. The third-order valence-corrected chi connectivity index (χ3v) is 3.40. The second-order valence-corrected chi connectivity index (χ2v) is 6.30. The van der Waals surface area contributed by atoms with Crippen LogP contribution < -0.4 is 0 Å². The summed E-state index contributed by atoms with van der Waals surface area (Å²) in [5.74, 6) is 0. The number of quaternary nitrogens is 1. The fourth-order valence-electron chi connectivity index (χ4n) is 1.78. The molecule has 0 saturated heterocycles. The Labute approximate surface area is 118 Å². The van der Waals surface area contributed by atoms with Crippen molar-refractivity contribution >= 4 is 5.71 Å². The molecular formula is C17H27N2+. The zero-order chi connectivity index (χ0) is 14.7. The highest BCUT2D eigenvalue weighted by Gasteiger charge is 2.26. The zero-order valence-electron chi connectivity index (χ0n) is 13.2. The molecule has 2 nitrogen and oxygen atoms in total. The first kappa shape index (κ1) is 15.6. The molecule has 0 fully saturated rings. The lowest BCUT2D eigenvalue weighted by atomic mass is 9.91. The number of rotatable bonds is 4. The predicted octanol–water partition coefficient (Wildman–Crippen LogP) is 4.44. The van der Waals surface area contributed by atoms with Crippen LogP contribution in [0.5, 0.6) is 0 Å². The standard InChI is InChI=1S/C17H27N2/c1-14(2)13-18-15(3)12-16(4)19(7)10-8-17(5,6)9-11-19/h8-12H,1,13H2,2-7H3/q+1. The van der Waals surface area contributed by atoms with Gasteiger partial charge >= 0.3 is 0 Å². The summed E-state index contributed by atoms with van der Waals surface area (Å²) in [4.78, 5) is 4.50. The van der Waals surface area contributed by atoms with E-state index in [1.807, 2.05) is 13.8 Å². The SMILES string of the molecule is C=C(C)CN=C(C)C=C(C)[N+]1(C)C=CC(C)(C)C=C1. The summed E-state index contributed by atoms with van der Waals surface area (Å²) in [5, 5.41) is 0. The number of hydrogen-bond acceptors (Lipinski definition) is 1. The smallest absolute Gasteiger partial charge is 0.116 e. The van der Waals surface area contributed by atoms with Crippen LogP contribution in [-0.4, -0.2) is 23.8 Å². The molecule has 19 heavy (non-hydrogen) atoms. The van der Waals surface area contributed by atoms with E-state index in [1.165, 1.54) is 5.70 Å². The first-order valence-electron chi connectivity index (χ1n) is 6.76. The Morgan fingerprint density at radius 3 is 2.21 bits per heavy atom. The highest BCUT2D eigenvalue weighted by atomic mass is 15.3. The van der Waals surface area contributed by atoms with Crippen molar-refractivity contribution in [3.63, 3.8) is 0 Å². The second-order valence-electron chi connectivity index (χ2n) is 6.30. The van der Waals surface area contributed by atoms with E-state index in [1.54, 1.807) is 0 Å². The molecular weight excluding hydrogens is 232 g/mol. The molecule has 0 amide bonds. The molecule has 0 bridgehead atoms. The minimum Gasteiger partial charge on any atom is -0.285 e. The summed E-state index contributed by atoms with van der Waals surface area (Å²) in [7, 11) is 2.18. The van der Waals surface area contributed by atoms with Gasteiger partial charge in [-0.2, -0.15) is 0 Å². The van der Waals surface area contributed by atoms with Crippen LogP contribution in [0, 0.1) is 5.41 Å². The van der Waals surface area contributed by atoms with Crippen LogP contribution >= 0.6 is 0 Å². The van der Waals surface area contributed by atoms with Crippen LogP contribution in [-0.2, 0) is 0 Å². The number of allylic oxidation sites excluding steroid dienone is 4. The quantitative estimate of drug-likeness (QED) is 0.402. The van der Waals surface area contributed by atoms with Crippen LogP contribution in [0.2, 0.25) is 0 Å². The molecule has 1 aliphatic heterocycles. The van der Waals surface area contributed by atoms with E-state index in [-0.39, 0.29) is 5.41 Å². The molecule has 0 N–H and O–H groups in total. The minimum atomic E-state index is 0.154. The highest BCUT2D eigenvalue weighted by molar-refractivity contribution is 5.93. The van der Waals surface area contributed by atoms with Gasteiger partial charge in [0.1, 0.15) is 18.1 Å². The van der Waals surface area contributed by atoms with Gasteiger partial charge in [-0.1, -0.05) is 26.0 Å². The largest absolute Gasteiger partial charge is 0.285 e. The van der Waals surface area contributed by atoms with Crippen LogP contribution in [0.25, 0.3) is 0 Å². The summed E-state index contributed by atoms with van der Waals surface area (Å²) in [5.41, 5.74) is 3.55. The Kier molecular flexibility index (Phi) is 4.70. The lowest BCUT2D eigenvalue weighted by molar-refractivity contribution is -0.766. The molecule has 0 saturated carbocycles. The van der Waals surface area contributed by atoms with E-state index < -0.39 is 0 Å². The van der Waals surface area contributed by atoms with Crippen molar-refractivity contribution in [3.8, 4) is 0 Å². The molecule has 0 aromatic heterocycles. The third kappa shape index (κ3) is 4.64. The Morgan fingerprint density at radius 2 is 1.74 bits per heavy atom. The first-order chi connectivity index (χ1) is 8.65. The van der Waals surface area contributed by atoms with Crippen molar-refractivity contribution in [1.82, 2.24) is 0 Å². The molecule has 2 heteroatoms. The molecule has 0 unspecified atom stereocenters. The molecule has 104 valence electrons. The molecule has 1 rings (SSSR count). The number of aliphatic imine (C=N–C) groups is 1. The normalized spacial score (nSPS) is 21.6. The maximum Gasteiger partial charge on any atom is 0.116 e. The maximum atomic E-state index is 4.50. The Morgan fingerprint density at radius 1 is 1.21 bits per heavy atom. The van der Waals surface area contributed by atoms with E-state index in [9.17, 15) is 0 Å². The summed E-state index contributed by atoms with van der Waals surface area (Å²) >= 11 is 0. The lowest BCUT2D eigenvalue weighted by Crippen LogP contribution is -2.33. The molecule has 0 radical (unpaired) electrons. The number of nitrogens with zero attached hydrogens (tertiary/aromatic N) is 2. The van der Waals surface area contributed by atoms with Gasteiger partial charge in [0.05, 0.1) is 13.6 Å². The van der Waals surface area contributed by atoms with Crippen molar-refractivity contribution in [1.29, 1.82) is 0 Å². The topological polar surface area (TPSA) is 12.4 Å². The highest BCUT2D eigenvalue weighted by Crippen LogP contribution is 2.29. The van der Waals surface area contributed by atoms with E-state index in [0.29, 0.717) is 11.0 Å². The van der Waals surface area contributed by atoms with E-state index in [2.05, 4.69) is 70.0 Å². The monoisotopic (exact) mass is 259 g/mol. The Bertz CT molecular complexity index is 457. The lowest BCUT2D eigenvalue weighted by Gasteiger charge is -2.32. The molecule has 1 heterocycles. The average Bonchev–Trinajstić information content (AvgIpc) is 2.31. The third-order valence-electron chi connectivity index (χ3n) is 3.40. The predicted molar refractivity (Wildman–Crippen MR) is 84.8 cm³/mol. The van der Waals surface area contributed by atoms with E-state index >= 15 is 0 Å². The fraction of sp³-hybridized carbons (Fsp3) is 0.471. The molecule has 1 aliphatic rings. The van der Waals surface area contributed by atoms with Crippen molar-refractivity contribution < 1.29 is 4.48 Å². The summed E-state index contributed by atoms with van der Waals surface area (Å²) in [6, 6.07) is 0. The Balaban J connectivity index is 2.89. The summed E-state index contributed by atoms with van der Waals surface area (Å²) < 4.78 is 0.712. The first-order valence-corrected chi connectivity index (χ1v) is 6.76. The molecule has 0 aromatic rings. The van der Waals surface area contributed by atoms with Crippen LogP contribution in [0.3, 0.4) is 0 Å². The van der Waals surface area contributed by atoms with Gasteiger partial charge in [0, 0.05) is 24.1 Å². The second kappa shape index (κ2) is 5.70. The van der Waals surface area contributed by atoms with Crippen molar-refractivity contribution in [2.75, 3.05) is 13.6 Å². The van der Waals surface area contributed by atoms with Crippen LogP contribution in [0.4, 0.5) is 0 Å². The van der Waals surface area contributed by atoms with E-state index in [0.717, 1.165) is 11.3 Å². The summed E-state index contributed by atoms with van der Waals surface area (Å²) in [6.07, 6.45) is 11.1.